The van der Waals surface area contributed by atoms with Crippen LogP contribution in [0, 0.1) is 13.8 Å². The molecule has 1 aromatic rings. The number of hydrogen-bond acceptors (Lipinski definition) is 1. The van der Waals surface area contributed by atoms with Crippen LogP contribution in [0.4, 0.5) is 5.69 Å². The lowest BCUT2D eigenvalue weighted by atomic mass is 10.1. The Morgan fingerprint density at radius 1 is 0.818 bits per heavy atom. The molecule has 0 saturated carbocycles. The van der Waals surface area contributed by atoms with Gasteiger partial charge in [-0.3, -0.25) is 4.79 Å². The Balaban J connectivity index is 2.06. The van der Waals surface area contributed by atoms with Crippen molar-refractivity contribution < 1.29 is 4.79 Å². The molecule has 0 aliphatic rings. The van der Waals surface area contributed by atoms with Crippen molar-refractivity contribution in [3.63, 3.8) is 0 Å². The first-order chi connectivity index (χ1) is 10.6. The first-order valence-corrected chi connectivity index (χ1v) is 9.00. The Hall–Kier alpha value is -1.31. The molecule has 124 valence electrons. The summed E-state index contributed by atoms with van der Waals surface area (Å²) in [6.07, 6.45) is 12.2. The van der Waals surface area contributed by atoms with Crippen LogP contribution in [-0.4, -0.2) is 5.91 Å². The lowest BCUT2D eigenvalue weighted by molar-refractivity contribution is -0.116. The minimum atomic E-state index is 0.146. The lowest BCUT2D eigenvalue weighted by Gasteiger charge is -2.07. The SMILES string of the molecule is CCCCCCCCCCCC(=O)Nc1cc(C)cc(C)c1. The van der Waals surface area contributed by atoms with Crippen LogP contribution >= 0.6 is 0 Å². The highest BCUT2D eigenvalue weighted by Crippen LogP contribution is 2.15. The molecule has 0 unspecified atom stereocenters. The molecule has 2 nitrogen and oxygen atoms in total. The number of unbranched alkanes of at least 4 members (excludes halogenated alkanes) is 8. The van der Waals surface area contributed by atoms with E-state index in [1.165, 1.54) is 62.5 Å². The van der Waals surface area contributed by atoms with E-state index in [1.54, 1.807) is 0 Å². The highest BCUT2D eigenvalue weighted by molar-refractivity contribution is 5.90. The minimum absolute atomic E-state index is 0.146. The van der Waals surface area contributed by atoms with Crippen LogP contribution in [0.2, 0.25) is 0 Å². The molecule has 0 aliphatic carbocycles. The van der Waals surface area contributed by atoms with Crippen molar-refractivity contribution in [1.82, 2.24) is 0 Å². The van der Waals surface area contributed by atoms with E-state index >= 15 is 0 Å². The number of carbonyl (C=O) groups is 1. The zero-order chi connectivity index (χ0) is 16.2. The van der Waals surface area contributed by atoms with Crippen molar-refractivity contribution in [1.29, 1.82) is 0 Å². The third-order valence-electron chi connectivity index (χ3n) is 4.01. The first kappa shape index (κ1) is 18.7. The summed E-state index contributed by atoms with van der Waals surface area (Å²) in [7, 11) is 0. The summed E-state index contributed by atoms with van der Waals surface area (Å²) >= 11 is 0. The topological polar surface area (TPSA) is 29.1 Å². The van der Waals surface area contributed by atoms with Gasteiger partial charge in [0.1, 0.15) is 0 Å². The number of amides is 1. The second-order valence-electron chi connectivity index (χ2n) is 6.50. The molecule has 1 amide bonds. The zero-order valence-electron chi connectivity index (χ0n) is 14.7. The molecule has 0 aliphatic heterocycles. The number of benzene rings is 1. The number of anilines is 1. The van der Waals surface area contributed by atoms with Gasteiger partial charge in [-0.1, -0.05) is 64.4 Å². The highest BCUT2D eigenvalue weighted by Gasteiger charge is 2.03. The molecular formula is C20H33NO. The van der Waals surface area contributed by atoms with E-state index in [0.717, 1.165) is 12.1 Å². The normalized spacial score (nSPS) is 10.7. The van der Waals surface area contributed by atoms with Crippen LogP contribution in [0.1, 0.15) is 82.3 Å². The zero-order valence-corrected chi connectivity index (χ0v) is 14.7. The predicted octanol–water partition coefficient (Wildman–Crippen LogP) is 6.16. The minimum Gasteiger partial charge on any atom is -0.326 e. The van der Waals surface area contributed by atoms with Gasteiger partial charge in [0, 0.05) is 12.1 Å². The van der Waals surface area contributed by atoms with Crippen LogP contribution in [0.15, 0.2) is 18.2 Å². The summed E-state index contributed by atoms with van der Waals surface area (Å²) in [6.45, 7) is 6.37. The van der Waals surface area contributed by atoms with Crippen molar-refractivity contribution in [2.75, 3.05) is 5.32 Å². The van der Waals surface area contributed by atoms with Crippen molar-refractivity contribution in [2.24, 2.45) is 0 Å². The van der Waals surface area contributed by atoms with Gasteiger partial charge in [0.15, 0.2) is 0 Å². The molecule has 1 aromatic carbocycles. The fourth-order valence-electron chi connectivity index (χ4n) is 2.87. The molecule has 0 radical (unpaired) electrons. The monoisotopic (exact) mass is 303 g/mol. The summed E-state index contributed by atoms with van der Waals surface area (Å²) in [4.78, 5) is 11.9. The summed E-state index contributed by atoms with van der Waals surface area (Å²) in [5.74, 6) is 0.146. The maximum atomic E-state index is 11.9. The Morgan fingerprint density at radius 2 is 1.32 bits per heavy atom. The summed E-state index contributed by atoms with van der Waals surface area (Å²) in [5.41, 5.74) is 3.31. The van der Waals surface area contributed by atoms with E-state index in [1.807, 2.05) is 12.1 Å². The number of hydrogen-bond donors (Lipinski definition) is 1. The molecule has 2 heteroatoms. The van der Waals surface area contributed by atoms with E-state index in [9.17, 15) is 4.79 Å². The standard InChI is InChI=1S/C20H33NO/c1-4-5-6-7-8-9-10-11-12-13-20(22)21-19-15-17(2)14-18(3)16-19/h14-16H,4-13H2,1-3H3,(H,21,22). The molecule has 0 heterocycles. The van der Waals surface area contributed by atoms with Gasteiger partial charge < -0.3 is 5.32 Å². The number of rotatable bonds is 11. The van der Waals surface area contributed by atoms with E-state index < -0.39 is 0 Å². The largest absolute Gasteiger partial charge is 0.326 e. The average Bonchev–Trinajstić information content (AvgIpc) is 2.44. The Bertz CT molecular complexity index is 419. The highest BCUT2D eigenvalue weighted by atomic mass is 16.1. The first-order valence-electron chi connectivity index (χ1n) is 9.00. The van der Waals surface area contributed by atoms with E-state index in [0.29, 0.717) is 6.42 Å². The maximum absolute atomic E-state index is 11.9. The second-order valence-corrected chi connectivity index (χ2v) is 6.50. The summed E-state index contributed by atoms with van der Waals surface area (Å²) in [6, 6.07) is 6.18. The van der Waals surface area contributed by atoms with Crippen molar-refractivity contribution in [2.45, 2.75) is 85.0 Å². The molecule has 0 aromatic heterocycles. The maximum Gasteiger partial charge on any atom is 0.224 e. The van der Waals surface area contributed by atoms with Crippen LogP contribution in [-0.2, 0) is 4.79 Å². The molecule has 0 bridgehead atoms. The van der Waals surface area contributed by atoms with E-state index in [4.69, 9.17) is 0 Å². The fourth-order valence-corrected chi connectivity index (χ4v) is 2.87. The molecule has 0 fully saturated rings. The summed E-state index contributed by atoms with van der Waals surface area (Å²) in [5, 5.41) is 3.01. The van der Waals surface area contributed by atoms with Gasteiger partial charge in [-0.25, -0.2) is 0 Å². The second kappa shape index (κ2) is 11.3. The smallest absolute Gasteiger partial charge is 0.224 e. The third-order valence-corrected chi connectivity index (χ3v) is 4.01. The average molecular weight is 303 g/mol. The van der Waals surface area contributed by atoms with Gasteiger partial charge in [0.2, 0.25) is 5.91 Å². The third kappa shape index (κ3) is 8.86. The molecule has 0 saturated heterocycles. The molecule has 0 spiro atoms. The lowest BCUT2D eigenvalue weighted by Crippen LogP contribution is -2.11. The Morgan fingerprint density at radius 3 is 1.86 bits per heavy atom. The Labute approximate surface area is 136 Å². The number of aryl methyl sites for hydroxylation is 2. The van der Waals surface area contributed by atoms with Crippen molar-refractivity contribution >= 4 is 11.6 Å². The summed E-state index contributed by atoms with van der Waals surface area (Å²) < 4.78 is 0. The van der Waals surface area contributed by atoms with E-state index in [-0.39, 0.29) is 5.91 Å². The Kier molecular flexibility index (Phi) is 9.61. The van der Waals surface area contributed by atoms with Crippen molar-refractivity contribution in [3.8, 4) is 0 Å². The quantitative estimate of drug-likeness (QED) is 0.487. The molecule has 1 N–H and O–H groups in total. The van der Waals surface area contributed by atoms with Crippen LogP contribution in [0.5, 0.6) is 0 Å². The molecule has 22 heavy (non-hydrogen) atoms. The van der Waals surface area contributed by atoms with Gasteiger partial charge in [-0.15, -0.1) is 0 Å². The predicted molar refractivity (Wildman–Crippen MR) is 96.4 cm³/mol. The van der Waals surface area contributed by atoms with Crippen LogP contribution in [0.3, 0.4) is 0 Å². The molecule has 0 atom stereocenters. The van der Waals surface area contributed by atoms with Gasteiger partial charge in [0.25, 0.3) is 0 Å². The van der Waals surface area contributed by atoms with Crippen LogP contribution < -0.4 is 5.32 Å². The number of nitrogens with one attached hydrogen (secondary N) is 1. The number of carbonyl (C=O) groups excluding carboxylic acids is 1. The van der Waals surface area contributed by atoms with Gasteiger partial charge in [-0.05, 0) is 43.5 Å². The van der Waals surface area contributed by atoms with Gasteiger partial charge in [0.05, 0.1) is 0 Å². The molecular weight excluding hydrogens is 270 g/mol. The van der Waals surface area contributed by atoms with Gasteiger partial charge in [-0.2, -0.15) is 0 Å². The van der Waals surface area contributed by atoms with E-state index in [2.05, 4.69) is 32.2 Å². The van der Waals surface area contributed by atoms with Gasteiger partial charge >= 0.3 is 0 Å². The van der Waals surface area contributed by atoms with Crippen molar-refractivity contribution in [3.05, 3.63) is 29.3 Å². The molecule has 1 rings (SSSR count). The van der Waals surface area contributed by atoms with Crippen LogP contribution in [0.25, 0.3) is 0 Å². The fraction of sp³-hybridized carbons (Fsp3) is 0.650.